The number of hydrogen-bond donors (Lipinski definition) is 2. The van der Waals surface area contributed by atoms with Crippen LogP contribution < -0.4 is 20.1 Å². The van der Waals surface area contributed by atoms with Crippen LogP contribution in [0.1, 0.15) is 47.7 Å². The largest absolute Gasteiger partial charge is 0.489 e. The minimum atomic E-state index is -0.586. The predicted octanol–water partition coefficient (Wildman–Crippen LogP) is 4.61. The van der Waals surface area contributed by atoms with E-state index in [2.05, 4.69) is 22.5 Å². The van der Waals surface area contributed by atoms with Crippen LogP contribution in [0.5, 0.6) is 11.5 Å². The smallest absolute Gasteiger partial charge is 0.255 e. The minimum Gasteiger partial charge on any atom is -0.489 e. The molecule has 1 aliphatic heterocycles. The van der Waals surface area contributed by atoms with Crippen molar-refractivity contribution in [1.82, 2.24) is 15.5 Å². The van der Waals surface area contributed by atoms with Crippen LogP contribution in [0.2, 0.25) is 0 Å². The fraction of sp³-hybridized carbons (Fsp3) is 0.375. The molecule has 2 atom stereocenters. The third-order valence-corrected chi connectivity index (χ3v) is 6.90. The third-order valence-electron chi connectivity index (χ3n) is 6.90. The molecule has 0 spiro atoms. The molecule has 39 heavy (non-hydrogen) atoms. The Labute approximate surface area is 231 Å². The number of nitrogens with zero attached hydrogens (tertiary/aromatic N) is 1. The third kappa shape index (κ3) is 8.40. The van der Waals surface area contributed by atoms with E-state index in [-0.39, 0.29) is 17.7 Å². The lowest BCUT2D eigenvalue weighted by Gasteiger charge is -2.32. The summed E-state index contributed by atoms with van der Waals surface area (Å²) in [6.07, 6.45) is 2.37. The van der Waals surface area contributed by atoms with Crippen molar-refractivity contribution in [1.29, 1.82) is 0 Å². The number of piperazine rings is 1. The highest BCUT2D eigenvalue weighted by atomic mass is 16.5. The highest BCUT2D eigenvalue weighted by Crippen LogP contribution is 2.26. The van der Waals surface area contributed by atoms with Crippen LogP contribution in [0.25, 0.3) is 0 Å². The van der Waals surface area contributed by atoms with Crippen molar-refractivity contribution >= 4 is 11.7 Å². The number of likely N-dealkylation sites (N-methyl/N-ethyl adjacent to an activating group) is 1. The lowest BCUT2D eigenvalue weighted by atomic mass is 9.98. The molecule has 2 unspecified atom stereocenters. The molecule has 1 heterocycles. The number of rotatable bonds is 13. The van der Waals surface area contributed by atoms with Gasteiger partial charge in [-0.3, -0.25) is 9.59 Å². The van der Waals surface area contributed by atoms with Crippen molar-refractivity contribution < 1.29 is 19.1 Å². The molecule has 4 rings (SSSR count). The maximum atomic E-state index is 13.7. The SMILES string of the molecule is CCCCC(NC(=O)c1cc(OCc2ccccc2)ccc1OCc1ccccc1)C(=O)C1CN(C)CCN1. The van der Waals surface area contributed by atoms with Crippen LogP contribution in [0.4, 0.5) is 0 Å². The molecule has 0 bridgehead atoms. The number of ether oxygens (including phenoxy) is 2. The molecule has 0 saturated carbocycles. The zero-order valence-corrected chi connectivity index (χ0v) is 22.9. The molecule has 2 N–H and O–H groups in total. The van der Waals surface area contributed by atoms with Crippen LogP contribution in [-0.2, 0) is 18.0 Å². The summed E-state index contributed by atoms with van der Waals surface area (Å²) in [5, 5.41) is 6.36. The van der Waals surface area contributed by atoms with E-state index < -0.39 is 6.04 Å². The molecular formula is C32H39N3O4. The summed E-state index contributed by atoms with van der Waals surface area (Å²) < 4.78 is 12.1. The van der Waals surface area contributed by atoms with Gasteiger partial charge in [0.1, 0.15) is 24.7 Å². The fourth-order valence-electron chi connectivity index (χ4n) is 4.64. The first kappa shape index (κ1) is 28.3. The van der Waals surface area contributed by atoms with E-state index in [4.69, 9.17) is 9.47 Å². The first-order valence-corrected chi connectivity index (χ1v) is 13.8. The van der Waals surface area contributed by atoms with Gasteiger partial charge in [-0.2, -0.15) is 0 Å². The second-order valence-corrected chi connectivity index (χ2v) is 10.0. The molecule has 3 aromatic rings. The van der Waals surface area contributed by atoms with Crippen LogP contribution >= 0.6 is 0 Å². The first-order chi connectivity index (χ1) is 19.0. The number of hydrogen-bond acceptors (Lipinski definition) is 6. The van der Waals surface area contributed by atoms with Crippen molar-refractivity contribution in [3.8, 4) is 11.5 Å². The number of nitrogens with one attached hydrogen (secondary N) is 2. The van der Waals surface area contributed by atoms with Crippen LogP contribution in [-0.4, -0.2) is 55.4 Å². The van der Waals surface area contributed by atoms with Gasteiger partial charge in [0.2, 0.25) is 0 Å². The van der Waals surface area contributed by atoms with Crippen molar-refractivity contribution in [2.75, 3.05) is 26.7 Å². The van der Waals surface area contributed by atoms with Gasteiger partial charge < -0.3 is 25.0 Å². The van der Waals surface area contributed by atoms with Crippen LogP contribution in [0.15, 0.2) is 78.9 Å². The highest BCUT2D eigenvalue weighted by molar-refractivity contribution is 6.01. The van der Waals surface area contributed by atoms with Crippen molar-refractivity contribution in [3.05, 3.63) is 95.6 Å². The summed E-state index contributed by atoms with van der Waals surface area (Å²) in [6.45, 7) is 5.06. The molecule has 206 valence electrons. The topological polar surface area (TPSA) is 79.9 Å². The minimum absolute atomic E-state index is 0.0200. The Kier molecular flexibility index (Phi) is 10.5. The quantitative estimate of drug-likeness (QED) is 0.337. The van der Waals surface area contributed by atoms with Gasteiger partial charge in [0.05, 0.1) is 17.6 Å². The molecule has 1 fully saturated rings. The summed E-state index contributed by atoms with van der Waals surface area (Å²) >= 11 is 0. The molecule has 7 heteroatoms. The lowest BCUT2D eigenvalue weighted by Crippen LogP contribution is -2.58. The van der Waals surface area contributed by atoms with E-state index in [0.717, 1.165) is 37.1 Å². The second kappa shape index (κ2) is 14.5. The average molecular weight is 530 g/mol. The van der Waals surface area contributed by atoms with Crippen LogP contribution in [0.3, 0.4) is 0 Å². The predicted molar refractivity (Wildman–Crippen MR) is 153 cm³/mol. The zero-order chi connectivity index (χ0) is 27.5. The van der Waals surface area contributed by atoms with E-state index in [9.17, 15) is 9.59 Å². The number of carbonyl (C=O) groups is 2. The molecule has 1 saturated heterocycles. The molecule has 7 nitrogen and oxygen atoms in total. The van der Waals surface area contributed by atoms with Gasteiger partial charge in [-0.25, -0.2) is 0 Å². The summed E-state index contributed by atoms with van der Waals surface area (Å²) in [5.41, 5.74) is 2.37. The van der Waals surface area contributed by atoms with Gasteiger partial charge in [-0.15, -0.1) is 0 Å². The molecule has 1 amide bonds. The van der Waals surface area contributed by atoms with Gasteiger partial charge >= 0.3 is 0 Å². The Bertz CT molecular complexity index is 1200. The Morgan fingerprint density at radius 3 is 2.28 bits per heavy atom. The maximum Gasteiger partial charge on any atom is 0.255 e. The van der Waals surface area contributed by atoms with E-state index in [0.29, 0.717) is 43.2 Å². The Balaban J connectivity index is 1.54. The zero-order valence-electron chi connectivity index (χ0n) is 22.9. The van der Waals surface area contributed by atoms with Gasteiger partial charge in [0, 0.05) is 19.6 Å². The number of carbonyl (C=O) groups excluding carboxylic acids is 2. The van der Waals surface area contributed by atoms with Gasteiger partial charge in [-0.1, -0.05) is 80.4 Å². The Morgan fingerprint density at radius 2 is 1.64 bits per heavy atom. The summed E-state index contributed by atoms with van der Waals surface area (Å²) in [4.78, 5) is 29.3. The summed E-state index contributed by atoms with van der Waals surface area (Å²) in [7, 11) is 2.01. The monoisotopic (exact) mass is 529 g/mol. The molecule has 0 aromatic heterocycles. The van der Waals surface area contributed by atoms with Crippen molar-refractivity contribution in [3.63, 3.8) is 0 Å². The fourth-order valence-corrected chi connectivity index (χ4v) is 4.64. The van der Waals surface area contributed by atoms with Crippen LogP contribution in [0, 0.1) is 0 Å². The number of amides is 1. The summed E-state index contributed by atoms with van der Waals surface area (Å²) in [6, 6.07) is 24.1. The Hall–Kier alpha value is -3.68. The molecule has 0 radical (unpaired) electrons. The molecular weight excluding hydrogens is 490 g/mol. The van der Waals surface area contributed by atoms with Crippen molar-refractivity contribution in [2.45, 2.75) is 51.5 Å². The number of Topliss-reactive ketones (excluding diaryl/α,β-unsaturated/α-hetero) is 1. The normalized spacial score (nSPS) is 16.3. The van der Waals surface area contributed by atoms with Gasteiger partial charge in [0.15, 0.2) is 5.78 Å². The van der Waals surface area contributed by atoms with E-state index in [1.165, 1.54) is 0 Å². The van der Waals surface area contributed by atoms with E-state index in [1.54, 1.807) is 12.1 Å². The average Bonchev–Trinajstić information content (AvgIpc) is 2.98. The lowest BCUT2D eigenvalue weighted by molar-refractivity contribution is -0.124. The van der Waals surface area contributed by atoms with Gasteiger partial charge in [0.25, 0.3) is 5.91 Å². The highest BCUT2D eigenvalue weighted by Gasteiger charge is 2.31. The number of ketones is 1. The summed E-state index contributed by atoms with van der Waals surface area (Å²) in [5.74, 6) is 0.678. The standard InChI is InChI=1S/C32H39N3O4/c1-3-4-15-28(31(36)29-21-35(2)19-18-33-29)34-32(37)27-20-26(38-22-24-11-7-5-8-12-24)16-17-30(27)39-23-25-13-9-6-10-14-25/h5-14,16-17,20,28-29,33H,3-4,15,18-19,21-23H2,1-2H3,(H,34,37). The van der Waals surface area contributed by atoms with Crippen molar-refractivity contribution in [2.24, 2.45) is 0 Å². The van der Waals surface area contributed by atoms with E-state index in [1.807, 2.05) is 73.8 Å². The molecule has 0 aliphatic carbocycles. The molecule has 3 aromatic carbocycles. The second-order valence-electron chi connectivity index (χ2n) is 10.0. The molecule has 1 aliphatic rings. The van der Waals surface area contributed by atoms with E-state index >= 15 is 0 Å². The van der Waals surface area contributed by atoms with Gasteiger partial charge in [-0.05, 0) is 42.8 Å². The first-order valence-electron chi connectivity index (χ1n) is 13.8. The number of unbranched alkanes of at least 4 members (excludes halogenated alkanes) is 1. The number of benzene rings is 3. The Morgan fingerprint density at radius 1 is 0.974 bits per heavy atom. The maximum absolute atomic E-state index is 13.7.